The predicted octanol–water partition coefficient (Wildman–Crippen LogP) is 3.68. The van der Waals surface area contributed by atoms with Gasteiger partial charge in [0.05, 0.1) is 17.6 Å². The normalized spacial score (nSPS) is 23.0. The van der Waals surface area contributed by atoms with Crippen molar-refractivity contribution in [2.75, 3.05) is 16.3 Å². The van der Waals surface area contributed by atoms with E-state index >= 15 is 0 Å². The number of hydrogen-bond acceptors (Lipinski definition) is 3. The molecular formula is C16H26N2O2S. The molecule has 0 amide bonds. The van der Waals surface area contributed by atoms with E-state index in [4.69, 9.17) is 0 Å². The van der Waals surface area contributed by atoms with Gasteiger partial charge in [0.15, 0.2) is 0 Å². The van der Waals surface area contributed by atoms with E-state index in [9.17, 15) is 8.42 Å². The van der Waals surface area contributed by atoms with Gasteiger partial charge in [-0.05, 0) is 36.8 Å². The molecule has 0 radical (unpaired) electrons. The zero-order valence-electron chi connectivity index (χ0n) is 13.1. The van der Waals surface area contributed by atoms with E-state index in [0.717, 1.165) is 24.4 Å². The highest BCUT2D eigenvalue weighted by molar-refractivity contribution is 7.92. The first-order valence-electron chi connectivity index (χ1n) is 7.68. The minimum atomic E-state index is -3.25. The first-order valence-corrected chi connectivity index (χ1v) is 9.57. The van der Waals surface area contributed by atoms with Crippen LogP contribution in [0.3, 0.4) is 0 Å². The number of benzene rings is 1. The van der Waals surface area contributed by atoms with Crippen LogP contribution in [0.1, 0.15) is 39.5 Å². The Morgan fingerprint density at radius 2 is 1.81 bits per heavy atom. The van der Waals surface area contributed by atoms with Crippen molar-refractivity contribution in [3.63, 3.8) is 0 Å². The Morgan fingerprint density at radius 1 is 1.14 bits per heavy atom. The maximum Gasteiger partial charge on any atom is 0.229 e. The lowest BCUT2D eigenvalue weighted by molar-refractivity contribution is 0.264. The minimum Gasteiger partial charge on any atom is -0.381 e. The standard InChI is InChI=1S/C16H26N2O2S/c1-12(2)13-7-6-8-14(11-13)17-15-9-4-5-10-16(15)18-21(3,19)20/h4-5,9-10,12-14,17-18H,6-8,11H2,1-3H3. The molecule has 2 atom stereocenters. The molecule has 5 heteroatoms. The number of para-hydroxylation sites is 2. The van der Waals surface area contributed by atoms with E-state index < -0.39 is 10.0 Å². The highest BCUT2D eigenvalue weighted by Gasteiger charge is 2.24. The summed E-state index contributed by atoms with van der Waals surface area (Å²) in [6.45, 7) is 4.57. The lowest BCUT2D eigenvalue weighted by Crippen LogP contribution is -2.29. The SMILES string of the molecule is CC(C)C1CCCC(Nc2ccccc2NS(C)(=O)=O)C1. The maximum absolute atomic E-state index is 11.4. The van der Waals surface area contributed by atoms with Crippen LogP contribution in [0.15, 0.2) is 24.3 Å². The summed E-state index contributed by atoms with van der Waals surface area (Å²) in [5.41, 5.74) is 1.50. The smallest absolute Gasteiger partial charge is 0.229 e. The van der Waals surface area contributed by atoms with Gasteiger partial charge in [0.1, 0.15) is 0 Å². The summed E-state index contributed by atoms with van der Waals surface area (Å²) in [4.78, 5) is 0. The Hall–Kier alpha value is -1.23. The molecule has 1 aromatic rings. The number of anilines is 2. The fourth-order valence-corrected chi connectivity index (χ4v) is 3.66. The van der Waals surface area contributed by atoms with Crippen molar-refractivity contribution in [1.29, 1.82) is 0 Å². The van der Waals surface area contributed by atoms with Crippen molar-refractivity contribution < 1.29 is 8.42 Å². The number of sulfonamides is 1. The van der Waals surface area contributed by atoms with Gasteiger partial charge >= 0.3 is 0 Å². The van der Waals surface area contributed by atoms with Crippen LogP contribution in [0.25, 0.3) is 0 Å². The van der Waals surface area contributed by atoms with E-state index in [0.29, 0.717) is 17.6 Å². The minimum absolute atomic E-state index is 0.425. The summed E-state index contributed by atoms with van der Waals surface area (Å²) in [6, 6.07) is 7.93. The van der Waals surface area contributed by atoms with Crippen LogP contribution in [-0.2, 0) is 10.0 Å². The van der Waals surface area contributed by atoms with Crippen molar-refractivity contribution >= 4 is 21.4 Å². The first-order chi connectivity index (χ1) is 9.85. The quantitative estimate of drug-likeness (QED) is 0.872. The van der Waals surface area contributed by atoms with Crippen LogP contribution in [0.2, 0.25) is 0 Å². The summed E-state index contributed by atoms with van der Waals surface area (Å²) >= 11 is 0. The molecule has 1 fully saturated rings. The predicted molar refractivity (Wildman–Crippen MR) is 89.1 cm³/mol. The van der Waals surface area contributed by atoms with Crippen LogP contribution in [-0.4, -0.2) is 20.7 Å². The average Bonchev–Trinajstić information content (AvgIpc) is 2.40. The van der Waals surface area contributed by atoms with Gasteiger partial charge in [0.25, 0.3) is 0 Å². The van der Waals surface area contributed by atoms with Gasteiger partial charge in [-0.3, -0.25) is 4.72 Å². The van der Waals surface area contributed by atoms with Crippen molar-refractivity contribution in [2.24, 2.45) is 11.8 Å². The second-order valence-electron chi connectivity index (χ2n) is 6.43. The molecule has 0 bridgehead atoms. The molecule has 1 saturated carbocycles. The van der Waals surface area contributed by atoms with Crippen molar-refractivity contribution in [3.05, 3.63) is 24.3 Å². The molecular weight excluding hydrogens is 284 g/mol. The molecule has 1 aromatic carbocycles. The third-order valence-corrected chi connectivity index (χ3v) is 4.83. The van der Waals surface area contributed by atoms with Crippen LogP contribution in [0.5, 0.6) is 0 Å². The van der Waals surface area contributed by atoms with Crippen molar-refractivity contribution in [1.82, 2.24) is 0 Å². The largest absolute Gasteiger partial charge is 0.381 e. The Kier molecular flexibility index (Phi) is 5.14. The maximum atomic E-state index is 11.4. The van der Waals surface area contributed by atoms with Crippen LogP contribution in [0, 0.1) is 11.8 Å². The Labute approximate surface area is 128 Å². The van der Waals surface area contributed by atoms with E-state index in [1.165, 1.54) is 19.1 Å². The topological polar surface area (TPSA) is 58.2 Å². The van der Waals surface area contributed by atoms with E-state index in [2.05, 4.69) is 23.9 Å². The van der Waals surface area contributed by atoms with E-state index in [1.807, 2.05) is 18.2 Å². The van der Waals surface area contributed by atoms with Gasteiger partial charge in [0.2, 0.25) is 10.0 Å². The highest BCUT2D eigenvalue weighted by atomic mass is 32.2. The number of rotatable bonds is 5. The molecule has 0 aromatic heterocycles. The summed E-state index contributed by atoms with van der Waals surface area (Å²) in [7, 11) is -3.25. The van der Waals surface area contributed by atoms with Gasteiger partial charge in [-0.25, -0.2) is 8.42 Å². The summed E-state index contributed by atoms with van der Waals surface area (Å²) < 4.78 is 25.5. The molecule has 21 heavy (non-hydrogen) atoms. The molecule has 0 saturated heterocycles. The molecule has 1 aliphatic carbocycles. The third kappa shape index (κ3) is 4.92. The number of hydrogen-bond donors (Lipinski definition) is 2. The average molecular weight is 310 g/mol. The van der Waals surface area contributed by atoms with Gasteiger partial charge in [-0.1, -0.05) is 38.8 Å². The first kappa shape index (κ1) is 16.1. The zero-order valence-corrected chi connectivity index (χ0v) is 13.9. The monoisotopic (exact) mass is 310 g/mol. The second-order valence-corrected chi connectivity index (χ2v) is 8.18. The van der Waals surface area contributed by atoms with Gasteiger partial charge in [-0.2, -0.15) is 0 Å². The molecule has 4 nitrogen and oxygen atoms in total. The molecule has 0 heterocycles. The Morgan fingerprint density at radius 3 is 2.43 bits per heavy atom. The molecule has 1 aliphatic rings. The van der Waals surface area contributed by atoms with Crippen molar-refractivity contribution in [3.8, 4) is 0 Å². The molecule has 0 spiro atoms. The van der Waals surface area contributed by atoms with Gasteiger partial charge in [0, 0.05) is 6.04 Å². The van der Waals surface area contributed by atoms with Crippen LogP contribution in [0.4, 0.5) is 11.4 Å². The van der Waals surface area contributed by atoms with Gasteiger partial charge in [-0.15, -0.1) is 0 Å². The van der Waals surface area contributed by atoms with Gasteiger partial charge < -0.3 is 5.32 Å². The lowest BCUT2D eigenvalue weighted by Gasteiger charge is -2.33. The van der Waals surface area contributed by atoms with Crippen LogP contribution >= 0.6 is 0 Å². The number of nitrogens with one attached hydrogen (secondary N) is 2. The summed E-state index contributed by atoms with van der Waals surface area (Å²) in [6.07, 6.45) is 6.03. The lowest BCUT2D eigenvalue weighted by atomic mass is 9.79. The molecule has 2 N–H and O–H groups in total. The molecule has 2 rings (SSSR count). The molecule has 2 unspecified atom stereocenters. The fraction of sp³-hybridized carbons (Fsp3) is 0.625. The molecule has 118 valence electrons. The Bertz CT molecular complexity index is 569. The van der Waals surface area contributed by atoms with Crippen LogP contribution < -0.4 is 10.0 Å². The zero-order chi connectivity index (χ0) is 15.5. The Balaban J connectivity index is 2.09. The summed E-state index contributed by atoms with van der Waals surface area (Å²) in [5, 5.41) is 3.53. The third-order valence-electron chi connectivity index (χ3n) is 4.24. The van der Waals surface area contributed by atoms with Crippen molar-refractivity contribution in [2.45, 2.75) is 45.6 Å². The highest BCUT2D eigenvalue weighted by Crippen LogP contribution is 2.33. The van der Waals surface area contributed by atoms with E-state index in [1.54, 1.807) is 6.07 Å². The second kappa shape index (κ2) is 6.69. The fourth-order valence-electron chi connectivity index (χ4n) is 3.08. The summed E-state index contributed by atoms with van der Waals surface area (Å²) in [5.74, 6) is 1.46. The molecule has 0 aliphatic heterocycles. The van der Waals surface area contributed by atoms with E-state index in [-0.39, 0.29) is 0 Å².